The standard InChI is InChI=1S/C18H16FN3O4S/c19-12-6-8-13(9-7-12)22-17(23)16-15(20-18(22)24)10-11-21(16)27(25,26)14-4-2-1-3-5-14/h1-9,15-16H,10-11H2,(H,20,24)/t15-,16-/m0/s1. The SMILES string of the molecule is O=C1N[C@H]2CCN(S(=O)(=O)c3ccccc3)[C@@H]2C(=O)N1c1ccc(F)cc1. The molecule has 2 aromatic carbocycles. The van der Waals surface area contributed by atoms with Gasteiger partial charge in [-0.2, -0.15) is 4.31 Å². The van der Waals surface area contributed by atoms with Crippen molar-refractivity contribution in [3.8, 4) is 0 Å². The summed E-state index contributed by atoms with van der Waals surface area (Å²) in [6.45, 7) is 0.121. The second kappa shape index (κ2) is 6.43. The number of imide groups is 1. The molecule has 0 radical (unpaired) electrons. The maximum Gasteiger partial charge on any atom is 0.329 e. The quantitative estimate of drug-likeness (QED) is 0.866. The van der Waals surface area contributed by atoms with E-state index in [2.05, 4.69) is 5.32 Å². The number of urea groups is 1. The maximum atomic E-state index is 13.2. The number of hydrogen-bond acceptors (Lipinski definition) is 4. The molecule has 0 unspecified atom stereocenters. The minimum atomic E-state index is -3.90. The van der Waals surface area contributed by atoms with Gasteiger partial charge >= 0.3 is 6.03 Å². The Morgan fingerprint density at radius 1 is 1.00 bits per heavy atom. The highest BCUT2D eigenvalue weighted by molar-refractivity contribution is 7.89. The molecule has 2 aliphatic rings. The predicted molar refractivity (Wildman–Crippen MR) is 94.9 cm³/mol. The Morgan fingerprint density at radius 3 is 2.33 bits per heavy atom. The summed E-state index contributed by atoms with van der Waals surface area (Å²) >= 11 is 0. The number of rotatable bonds is 3. The number of carbonyl (C=O) groups is 2. The summed E-state index contributed by atoms with van der Waals surface area (Å²) in [5.41, 5.74) is 0.182. The van der Waals surface area contributed by atoms with Crippen molar-refractivity contribution in [3.05, 3.63) is 60.4 Å². The molecule has 2 saturated heterocycles. The van der Waals surface area contributed by atoms with E-state index >= 15 is 0 Å². The van der Waals surface area contributed by atoms with Gasteiger partial charge in [0.25, 0.3) is 5.91 Å². The molecule has 2 aliphatic heterocycles. The largest absolute Gasteiger partial charge is 0.332 e. The van der Waals surface area contributed by atoms with Crippen molar-refractivity contribution in [2.45, 2.75) is 23.4 Å². The lowest BCUT2D eigenvalue weighted by molar-refractivity contribution is -0.122. The van der Waals surface area contributed by atoms with Gasteiger partial charge in [0, 0.05) is 6.54 Å². The first kappa shape index (κ1) is 17.6. The van der Waals surface area contributed by atoms with Crippen LogP contribution in [0.3, 0.4) is 0 Å². The highest BCUT2D eigenvalue weighted by Gasteiger charge is 2.52. The zero-order valence-electron chi connectivity index (χ0n) is 14.1. The number of benzene rings is 2. The molecule has 3 amide bonds. The summed E-state index contributed by atoms with van der Waals surface area (Å²) < 4.78 is 40.3. The third-order valence-corrected chi connectivity index (χ3v) is 6.67. The number of halogens is 1. The van der Waals surface area contributed by atoms with Crippen molar-refractivity contribution in [2.75, 3.05) is 11.4 Å². The van der Waals surface area contributed by atoms with Gasteiger partial charge in [-0.25, -0.2) is 22.5 Å². The van der Waals surface area contributed by atoms with Crippen LogP contribution in [0.5, 0.6) is 0 Å². The lowest BCUT2D eigenvalue weighted by Gasteiger charge is -2.36. The van der Waals surface area contributed by atoms with Gasteiger partial charge in [-0.1, -0.05) is 18.2 Å². The second-order valence-electron chi connectivity index (χ2n) is 6.37. The van der Waals surface area contributed by atoms with Crippen molar-refractivity contribution in [3.63, 3.8) is 0 Å². The van der Waals surface area contributed by atoms with Gasteiger partial charge in [0.2, 0.25) is 10.0 Å². The van der Waals surface area contributed by atoms with Crippen LogP contribution in [0.4, 0.5) is 14.9 Å². The number of amides is 3. The van der Waals surface area contributed by atoms with E-state index in [4.69, 9.17) is 0 Å². The Kier molecular flexibility index (Phi) is 4.20. The number of nitrogens with zero attached hydrogens (tertiary/aromatic N) is 2. The molecule has 2 aromatic rings. The zero-order valence-corrected chi connectivity index (χ0v) is 14.9. The number of anilines is 1. The molecular weight excluding hydrogens is 373 g/mol. The molecule has 0 aromatic heterocycles. The van der Waals surface area contributed by atoms with E-state index in [9.17, 15) is 22.4 Å². The molecule has 2 atom stereocenters. The second-order valence-corrected chi connectivity index (χ2v) is 8.26. The fourth-order valence-corrected chi connectivity index (χ4v) is 5.15. The monoisotopic (exact) mass is 389 g/mol. The minimum Gasteiger partial charge on any atom is -0.332 e. The maximum absolute atomic E-state index is 13.2. The molecule has 0 aliphatic carbocycles. The Bertz CT molecular complexity index is 995. The molecule has 9 heteroatoms. The zero-order chi connectivity index (χ0) is 19.2. The van der Waals surface area contributed by atoms with Gasteiger partial charge in [-0.05, 0) is 42.8 Å². The van der Waals surface area contributed by atoms with Crippen molar-refractivity contribution in [1.82, 2.24) is 9.62 Å². The number of nitrogens with one attached hydrogen (secondary N) is 1. The van der Waals surface area contributed by atoms with Crippen LogP contribution in [0.2, 0.25) is 0 Å². The van der Waals surface area contributed by atoms with Crippen molar-refractivity contribution >= 4 is 27.6 Å². The van der Waals surface area contributed by atoms with E-state index in [-0.39, 0.29) is 17.1 Å². The van der Waals surface area contributed by atoms with Crippen LogP contribution in [-0.2, 0) is 14.8 Å². The number of sulfonamides is 1. The van der Waals surface area contributed by atoms with Gasteiger partial charge in [0.1, 0.15) is 11.9 Å². The number of fused-ring (bicyclic) bond motifs is 1. The fourth-order valence-electron chi connectivity index (χ4n) is 3.50. The summed E-state index contributed by atoms with van der Waals surface area (Å²) in [4.78, 5) is 26.4. The Balaban J connectivity index is 1.71. The Hall–Kier alpha value is -2.78. The highest BCUT2D eigenvalue weighted by Crippen LogP contribution is 2.31. The third-order valence-electron chi connectivity index (χ3n) is 4.77. The lowest BCUT2D eigenvalue weighted by atomic mass is 10.1. The van der Waals surface area contributed by atoms with E-state index in [1.165, 1.54) is 24.3 Å². The first-order valence-electron chi connectivity index (χ1n) is 8.36. The van der Waals surface area contributed by atoms with E-state index < -0.39 is 39.9 Å². The van der Waals surface area contributed by atoms with Crippen molar-refractivity contribution in [2.24, 2.45) is 0 Å². The van der Waals surface area contributed by atoms with Crippen LogP contribution in [0.1, 0.15) is 6.42 Å². The Morgan fingerprint density at radius 2 is 1.67 bits per heavy atom. The van der Waals surface area contributed by atoms with Gasteiger partial charge in [-0.3, -0.25) is 4.79 Å². The lowest BCUT2D eigenvalue weighted by Crippen LogP contribution is -2.64. The molecule has 1 N–H and O–H groups in total. The third kappa shape index (κ3) is 2.88. The minimum absolute atomic E-state index is 0.0867. The van der Waals surface area contributed by atoms with E-state index in [1.807, 2.05) is 0 Å². The van der Waals surface area contributed by atoms with Crippen molar-refractivity contribution < 1.29 is 22.4 Å². The predicted octanol–water partition coefficient (Wildman–Crippen LogP) is 1.71. The summed E-state index contributed by atoms with van der Waals surface area (Å²) in [5, 5.41) is 2.69. The molecular formula is C18H16FN3O4S. The van der Waals surface area contributed by atoms with Crippen LogP contribution in [0.15, 0.2) is 59.5 Å². The van der Waals surface area contributed by atoms with E-state index in [0.29, 0.717) is 6.42 Å². The molecule has 7 nitrogen and oxygen atoms in total. The van der Waals surface area contributed by atoms with Gasteiger partial charge in [0.15, 0.2) is 0 Å². The summed E-state index contributed by atoms with van der Waals surface area (Å²) in [5.74, 6) is -1.15. The average Bonchev–Trinajstić information content (AvgIpc) is 3.09. The molecule has 2 heterocycles. The van der Waals surface area contributed by atoms with Crippen LogP contribution < -0.4 is 10.2 Å². The van der Waals surface area contributed by atoms with Crippen LogP contribution in [0.25, 0.3) is 0 Å². The summed E-state index contributed by atoms with van der Waals surface area (Å²) in [6.07, 6.45) is 0.339. The normalized spacial score (nSPS) is 23.2. The number of carbonyl (C=O) groups excluding carboxylic acids is 2. The van der Waals surface area contributed by atoms with Gasteiger partial charge in [0.05, 0.1) is 16.6 Å². The van der Waals surface area contributed by atoms with Gasteiger partial charge in [-0.15, -0.1) is 0 Å². The summed E-state index contributed by atoms with van der Waals surface area (Å²) in [6, 6.07) is 10.4. The van der Waals surface area contributed by atoms with Crippen LogP contribution in [-0.4, -0.2) is 43.3 Å². The summed E-state index contributed by atoms with van der Waals surface area (Å²) in [7, 11) is -3.90. The molecule has 140 valence electrons. The van der Waals surface area contributed by atoms with Crippen LogP contribution >= 0.6 is 0 Å². The Labute approximate surface area is 155 Å². The van der Waals surface area contributed by atoms with Crippen molar-refractivity contribution in [1.29, 1.82) is 0 Å². The van der Waals surface area contributed by atoms with Gasteiger partial charge < -0.3 is 5.32 Å². The molecule has 0 spiro atoms. The molecule has 0 saturated carbocycles. The molecule has 2 fully saturated rings. The number of hydrogen-bond donors (Lipinski definition) is 1. The molecule has 27 heavy (non-hydrogen) atoms. The first-order valence-corrected chi connectivity index (χ1v) is 9.80. The first-order chi connectivity index (χ1) is 12.9. The highest BCUT2D eigenvalue weighted by atomic mass is 32.2. The smallest absolute Gasteiger partial charge is 0.329 e. The topological polar surface area (TPSA) is 86.8 Å². The fraction of sp³-hybridized carbons (Fsp3) is 0.222. The van der Waals surface area contributed by atoms with Crippen LogP contribution in [0, 0.1) is 5.82 Å². The molecule has 4 rings (SSSR count). The van der Waals surface area contributed by atoms with E-state index in [0.717, 1.165) is 21.3 Å². The van der Waals surface area contributed by atoms with E-state index in [1.54, 1.807) is 18.2 Å². The molecule has 0 bridgehead atoms. The average molecular weight is 389 g/mol.